The van der Waals surface area contributed by atoms with Gasteiger partial charge in [-0.2, -0.15) is 11.8 Å². The summed E-state index contributed by atoms with van der Waals surface area (Å²) >= 11 is 2.21. The molecule has 1 N–H and O–H groups in total. The van der Waals surface area contributed by atoms with Crippen LogP contribution in [0, 0.1) is 0 Å². The fourth-order valence-electron chi connectivity index (χ4n) is 2.41. The maximum atomic E-state index is 3.69. The van der Waals surface area contributed by atoms with E-state index in [2.05, 4.69) is 30.9 Å². The second-order valence-electron chi connectivity index (χ2n) is 4.56. The summed E-state index contributed by atoms with van der Waals surface area (Å²) in [5.74, 6) is 1.34. The molecule has 0 aliphatic heterocycles. The van der Waals surface area contributed by atoms with Crippen LogP contribution in [0.3, 0.4) is 0 Å². The quantitative estimate of drug-likeness (QED) is 0.769. The zero-order chi connectivity index (χ0) is 10.9. The number of rotatable bonds is 5. The van der Waals surface area contributed by atoms with Gasteiger partial charge in [-0.25, -0.2) is 0 Å². The predicted octanol–water partition coefficient (Wildman–Crippen LogP) is 3.83. The minimum Gasteiger partial charge on any atom is -0.313 e. The molecule has 0 radical (unpaired) electrons. The Morgan fingerprint density at radius 3 is 2.47 bits per heavy atom. The molecule has 0 amide bonds. The van der Waals surface area contributed by atoms with E-state index in [4.69, 9.17) is 0 Å². The molecule has 2 unspecified atom stereocenters. The van der Waals surface area contributed by atoms with Crippen LogP contribution in [-0.2, 0) is 0 Å². The molecular formula is C13H27NS. The van der Waals surface area contributed by atoms with Crippen molar-refractivity contribution < 1.29 is 0 Å². The molecule has 2 heteroatoms. The van der Waals surface area contributed by atoms with E-state index in [1.54, 1.807) is 0 Å². The zero-order valence-corrected chi connectivity index (χ0v) is 11.2. The summed E-state index contributed by atoms with van der Waals surface area (Å²) in [6.45, 7) is 5.66. The van der Waals surface area contributed by atoms with E-state index in [1.807, 2.05) is 0 Å². The molecule has 2 atom stereocenters. The topological polar surface area (TPSA) is 12.0 Å². The van der Waals surface area contributed by atoms with E-state index in [0.29, 0.717) is 0 Å². The smallest absolute Gasteiger partial charge is 0.0201 e. The van der Waals surface area contributed by atoms with Crippen molar-refractivity contribution >= 4 is 11.8 Å². The van der Waals surface area contributed by atoms with Gasteiger partial charge in [-0.1, -0.05) is 39.5 Å². The minimum absolute atomic E-state index is 0.784. The van der Waals surface area contributed by atoms with Crippen molar-refractivity contribution in [2.24, 2.45) is 0 Å². The first-order chi connectivity index (χ1) is 7.38. The lowest BCUT2D eigenvalue weighted by Crippen LogP contribution is -2.39. The lowest BCUT2D eigenvalue weighted by molar-refractivity contribution is 0.406. The summed E-state index contributed by atoms with van der Waals surface area (Å²) in [7, 11) is 0. The lowest BCUT2D eigenvalue weighted by atomic mass is 9.96. The largest absolute Gasteiger partial charge is 0.313 e. The van der Waals surface area contributed by atoms with Crippen molar-refractivity contribution in [3.05, 3.63) is 0 Å². The third kappa shape index (κ3) is 5.26. The monoisotopic (exact) mass is 229 g/mol. The maximum Gasteiger partial charge on any atom is 0.0201 e. The van der Waals surface area contributed by atoms with E-state index in [0.717, 1.165) is 17.8 Å². The molecule has 0 aromatic carbocycles. The van der Waals surface area contributed by atoms with Crippen molar-refractivity contribution in [2.75, 3.05) is 12.3 Å². The Labute approximate surface area is 99.8 Å². The number of hydrogen-bond donors (Lipinski definition) is 1. The van der Waals surface area contributed by atoms with Gasteiger partial charge < -0.3 is 5.32 Å². The van der Waals surface area contributed by atoms with Gasteiger partial charge in [0.2, 0.25) is 0 Å². The van der Waals surface area contributed by atoms with E-state index >= 15 is 0 Å². The minimum atomic E-state index is 0.784. The second-order valence-corrected chi connectivity index (χ2v) is 5.91. The van der Waals surface area contributed by atoms with Gasteiger partial charge in [0, 0.05) is 11.3 Å². The number of hydrogen-bond acceptors (Lipinski definition) is 2. The Balaban J connectivity index is 2.40. The molecule has 0 bridgehead atoms. The van der Waals surface area contributed by atoms with Crippen molar-refractivity contribution in [3.8, 4) is 0 Å². The molecular weight excluding hydrogens is 202 g/mol. The van der Waals surface area contributed by atoms with Crippen LogP contribution in [0.1, 0.15) is 58.8 Å². The van der Waals surface area contributed by atoms with Gasteiger partial charge in [0.05, 0.1) is 0 Å². The van der Waals surface area contributed by atoms with Gasteiger partial charge in [-0.3, -0.25) is 0 Å². The molecule has 0 aromatic rings. The average Bonchev–Trinajstić information content (AvgIpc) is 2.22. The number of thioether (sulfide) groups is 1. The summed E-state index contributed by atoms with van der Waals surface area (Å²) in [4.78, 5) is 0. The average molecular weight is 229 g/mol. The highest BCUT2D eigenvalue weighted by Gasteiger charge is 2.21. The standard InChI is InChI=1S/C13H27NS/c1-3-11-15-13-10-8-6-5-7-9-12(13)14-4-2/h12-14H,3-11H2,1-2H3. The number of nitrogens with one attached hydrogen (secondary N) is 1. The van der Waals surface area contributed by atoms with E-state index in [1.165, 1.54) is 50.7 Å². The van der Waals surface area contributed by atoms with E-state index in [9.17, 15) is 0 Å². The molecule has 1 rings (SSSR count). The summed E-state index contributed by atoms with van der Waals surface area (Å²) in [5.41, 5.74) is 0. The molecule has 1 nitrogen and oxygen atoms in total. The highest BCUT2D eigenvalue weighted by Crippen LogP contribution is 2.27. The predicted molar refractivity (Wildman–Crippen MR) is 71.7 cm³/mol. The van der Waals surface area contributed by atoms with Gasteiger partial charge in [0.15, 0.2) is 0 Å². The highest BCUT2D eigenvalue weighted by molar-refractivity contribution is 7.99. The summed E-state index contributed by atoms with van der Waals surface area (Å²) in [6.07, 6.45) is 9.94. The van der Waals surface area contributed by atoms with Crippen LogP contribution in [0.15, 0.2) is 0 Å². The third-order valence-electron chi connectivity index (χ3n) is 3.20. The fourth-order valence-corrected chi connectivity index (χ4v) is 3.75. The molecule has 1 aliphatic carbocycles. The van der Waals surface area contributed by atoms with Gasteiger partial charge in [-0.05, 0) is 31.6 Å². The maximum absolute atomic E-state index is 3.69. The van der Waals surface area contributed by atoms with Crippen LogP contribution in [0.5, 0.6) is 0 Å². The molecule has 0 saturated heterocycles. The van der Waals surface area contributed by atoms with Crippen LogP contribution < -0.4 is 5.32 Å². The van der Waals surface area contributed by atoms with Crippen LogP contribution in [0.25, 0.3) is 0 Å². The van der Waals surface area contributed by atoms with Crippen molar-refractivity contribution in [1.29, 1.82) is 0 Å². The normalized spacial score (nSPS) is 28.4. The van der Waals surface area contributed by atoms with E-state index < -0.39 is 0 Å². The Bertz CT molecular complexity index is 147. The Kier molecular flexibility index (Phi) is 7.54. The highest BCUT2D eigenvalue weighted by atomic mass is 32.2. The van der Waals surface area contributed by atoms with Crippen molar-refractivity contribution in [3.63, 3.8) is 0 Å². The van der Waals surface area contributed by atoms with Gasteiger partial charge in [-0.15, -0.1) is 0 Å². The summed E-state index contributed by atoms with van der Waals surface area (Å²) in [6, 6.07) is 0.784. The van der Waals surface area contributed by atoms with Crippen LogP contribution in [0.4, 0.5) is 0 Å². The summed E-state index contributed by atoms with van der Waals surface area (Å²) < 4.78 is 0. The van der Waals surface area contributed by atoms with Crippen molar-refractivity contribution in [1.82, 2.24) is 5.32 Å². The first-order valence-corrected chi connectivity index (χ1v) is 7.78. The van der Waals surface area contributed by atoms with Crippen LogP contribution in [0.2, 0.25) is 0 Å². The molecule has 1 fully saturated rings. The lowest BCUT2D eigenvalue weighted by Gasteiger charge is -2.29. The van der Waals surface area contributed by atoms with Crippen molar-refractivity contribution in [2.45, 2.75) is 70.1 Å². The summed E-state index contributed by atoms with van der Waals surface area (Å²) in [5, 5.41) is 4.57. The molecule has 90 valence electrons. The SMILES string of the molecule is CCCSC1CCCCCCC1NCC. The van der Waals surface area contributed by atoms with Crippen LogP contribution >= 0.6 is 11.8 Å². The van der Waals surface area contributed by atoms with Gasteiger partial charge in [0.1, 0.15) is 0 Å². The Hall–Kier alpha value is 0.310. The van der Waals surface area contributed by atoms with Gasteiger partial charge in [0.25, 0.3) is 0 Å². The third-order valence-corrected chi connectivity index (χ3v) is 4.84. The molecule has 0 aromatic heterocycles. The molecule has 1 saturated carbocycles. The zero-order valence-electron chi connectivity index (χ0n) is 10.4. The van der Waals surface area contributed by atoms with Gasteiger partial charge >= 0.3 is 0 Å². The van der Waals surface area contributed by atoms with Crippen LogP contribution in [-0.4, -0.2) is 23.6 Å². The fraction of sp³-hybridized carbons (Fsp3) is 1.00. The first kappa shape index (κ1) is 13.4. The van der Waals surface area contributed by atoms with E-state index in [-0.39, 0.29) is 0 Å². The molecule has 1 aliphatic rings. The molecule has 0 spiro atoms. The first-order valence-electron chi connectivity index (χ1n) is 6.73. The Morgan fingerprint density at radius 1 is 1.07 bits per heavy atom. The molecule has 0 heterocycles. The Morgan fingerprint density at radius 2 is 1.80 bits per heavy atom. The molecule has 15 heavy (non-hydrogen) atoms. The second kappa shape index (κ2) is 8.46.